The van der Waals surface area contributed by atoms with Gasteiger partial charge in [-0.15, -0.1) is 0 Å². The van der Waals surface area contributed by atoms with Crippen molar-refractivity contribution in [3.05, 3.63) is 40.5 Å². The van der Waals surface area contributed by atoms with E-state index in [0.717, 1.165) is 6.54 Å². The summed E-state index contributed by atoms with van der Waals surface area (Å²) in [6.45, 7) is 7.97. The summed E-state index contributed by atoms with van der Waals surface area (Å²) in [4.78, 5) is 0. The van der Waals surface area contributed by atoms with Gasteiger partial charge in [-0.1, -0.05) is 37.6 Å². The van der Waals surface area contributed by atoms with Crippen molar-refractivity contribution in [3.8, 4) is 0 Å². The fourth-order valence-corrected chi connectivity index (χ4v) is 3.35. The summed E-state index contributed by atoms with van der Waals surface area (Å²) >= 11 is 0. The normalized spacial score (nSPS) is 22.9. The standard InChI is InChI=1S/C16H21N/c1-10(2)16-15-9-12-8-11(3)4-5-13(12)14(15)6-7-17-16/h4-5,8,10,16-17H,6-7,9H2,1-3H3. The van der Waals surface area contributed by atoms with Crippen LogP contribution in [0.1, 0.15) is 37.0 Å². The minimum atomic E-state index is 0.589. The molecule has 0 saturated heterocycles. The molecular weight excluding hydrogens is 206 g/mol. The zero-order valence-electron chi connectivity index (χ0n) is 11.0. The number of rotatable bonds is 1. The number of hydrogen-bond acceptors (Lipinski definition) is 1. The van der Waals surface area contributed by atoms with Crippen molar-refractivity contribution in [2.45, 2.75) is 39.7 Å². The smallest absolute Gasteiger partial charge is 0.0312 e. The molecule has 0 aromatic heterocycles. The van der Waals surface area contributed by atoms with Crippen LogP contribution in [0.15, 0.2) is 23.8 Å². The molecule has 1 aromatic carbocycles. The van der Waals surface area contributed by atoms with Crippen LogP contribution < -0.4 is 5.32 Å². The SMILES string of the molecule is Cc1ccc2c(c1)CC1=C2CCNC1C(C)C. The molecule has 1 heterocycles. The molecule has 0 radical (unpaired) electrons. The lowest BCUT2D eigenvalue weighted by Crippen LogP contribution is -2.39. The molecule has 90 valence electrons. The highest BCUT2D eigenvalue weighted by Crippen LogP contribution is 2.40. The first kappa shape index (κ1) is 11.0. The van der Waals surface area contributed by atoms with Gasteiger partial charge in [0, 0.05) is 6.04 Å². The monoisotopic (exact) mass is 227 g/mol. The van der Waals surface area contributed by atoms with Gasteiger partial charge < -0.3 is 5.32 Å². The second-order valence-electron chi connectivity index (χ2n) is 5.77. The Kier molecular flexibility index (Phi) is 2.59. The molecule has 0 bridgehead atoms. The zero-order valence-corrected chi connectivity index (χ0v) is 11.0. The second kappa shape index (κ2) is 3.99. The molecule has 1 unspecified atom stereocenters. The molecule has 2 aliphatic rings. The molecule has 0 spiro atoms. The van der Waals surface area contributed by atoms with E-state index < -0.39 is 0 Å². The van der Waals surface area contributed by atoms with Gasteiger partial charge in [0.1, 0.15) is 0 Å². The van der Waals surface area contributed by atoms with Crippen LogP contribution in [0.25, 0.3) is 5.57 Å². The highest BCUT2D eigenvalue weighted by molar-refractivity contribution is 5.78. The van der Waals surface area contributed by atoms with Crippen molar-refractivity contribution in [2.24, 2.45) is 5.92 Å². The lowest BCUT2D eigenvalue weighted by molar-refractivity contribution is 0.435. The van der Waals surface area contributed by atoms with Crippen LogP contribution in [0.3, 0.4) is 0 Å². The molecule has 3 rings (SSSR count). The summed E-state index contributed by atoms with van der Waals surface area (Å²) < 4.78 is 0. The first-order chi connectivity index (χ1) is 8.16. The Hall–Kier alpha value is -1.08. The Morgan fingerprint density at radius 2 is 2.12 bits per heavy atom. The van der Waals surface area contributed by atoms with E-state index in [2.05, 4.69) is 44.3 Å². The Morgan fingerprint density at radius 3 is 2.88 bits per heavy atom. The summed E-state index contributed by atoms with van der Waals surface area (Å²) in [5, 5.41) is 3.68. The van der Waals surface area contributed by atoms with Crippen molar-refractivity contribution < 1.29 is 0 Å². The van der Waals surface area contributed by atoms with Crippen LogP contribution in [-0.4, -0.2) is 12.6 Å². The Bertz CT molecular complexity index is 482. The maximum atomic E-state index is 3.68. The maximum Gasteiger partial charge on any atom is 0.0312 e. The van der Waals surface area contributed by atoms with Crippen molar-refractivity contribution in [1.82, 2.24) is 5.32 Å². The predicted molar refractivity (Wildman–Crippen MR) is 73.0 cm³/mol. The van der Waals surface area contributed by atoms with Gasteiger partial charge in [-0.05, 0) is 54.5 Å². The van der Waals surface area contributed by atoms with Crippen molar-refractivity contribution in [3.63, 3.8) is 0 Å². The van der Waals surface area contributed by atoms with Crippen LogP contribution in [-0.2, 0) is 6.42 Å². The van der Waals surface area contributed by atoms with E-state index in [9.17, 15) is 0 Å². The highest BCUT2D eigenvalue weighted by atomic mass is 14.9. The first-order valence-corrected chi connectivity index (χ1v) is 6.72. The van der Waals surface area contributed by atoms with E-state index in [4.69, 9.17) is 0 Å². The minimum Gasteiger partial charge on any atom is -0.310 e. The number of hydrogen-bond donors (Lipinski definition) is 1. The van der Waals surface area contributed by atoms with Gasteiger partial charge in [-0.2, -0.15) is 0 Å². The summed E-state index contributed by atoms with van der Waals surface area (Å²) in [6.07, 6.45) is 2.37. The molecule has 1 aliphatic carbocycles. The van der Waals surface area contributed by atoms with Gasteiger partial charge in [0.05, 0.1) is 0 Å². The third-order valence-corrected chi connectivity index (χ3v) is 4.14. The number of benzene rings is 1. The van der Waals surface area contributed by atoms with Gasteiger partial charge in [0.2, 0.25) is 0 Å². The van der Waals surface area contributed by atoms with Crippen molar-refractivity contribution >= 4 is 5.57 Å². The van der Waals surface area contributed by atoms with E-state index >= 15 is 0 Å². The summed E-state index contributed by atoms with van der Waals surface area (Å²) in [5.74, 6) is 0.690. The molecular formula is C16H21N. The Labute approximate surface area is 104 Å². The first-order valence-electron chi connectivity index (χ1n) is 6.72. The average molecular weight is 227 g/mol. The van der Waals surface area contributed by atoms with E-state index in [0.29, 0.717) is 12.0 Å². The molecule has 1 aliphatic heterocycles. The lowest BCUT2D eigenvalue weighted by Gasteiger charge is -2.29. The average Bonchev–Trinajstić information content (AvgIpc) is 2.65. The van der Waals surface area contributed by atoms with Crippen LogP contribution in [0.2, 0.25) is 0 Å². The molecule has 0 amide bonds. The maximum absolute atomic E-state index is 3.68. The number of fused-ring (bicyclic) bond motifs is 2. The van der Waals surface area contributed by atoms with Crippen LogP contribution in [0.5, 0.6) is 0 Å². The second-order valence-corrected chi connectivity index (χ2v) is 5.77. The van der Waals surface area contributed by atoms with E-state index in [1.165, 1.54) is 24.0 Å². The van der Waals surface area contributed by atoms with Gasteiger partial charge in [0.25, 0.3) is 0 Å². The molecule has 1 aromatic rings. The largest absolute Gasteiger partial charge is 0.310 e. The number of aryl methyl sites for hydroxylation is 1. The predicted octanol–water partition coefficient (Wildman–Crippen LogP) is 3.32. The molecule has 0 saturated carbocycles. The van der Waals surface area contributed by atoms with Crippen molar-refractivity contribution in [1.29, 1.82) is 0 Å². The van der Waals surface area contributed by atoms with Gasteiger partial charge >= 0.3 is 0 Å². The van der Waals surface area contributed by atoms with Gasteiger partial charge in [-0.3, -0.25) is 0 Å². The third kappa shape index (κ3) is 1.73. The van der Waals surface area contributed by atoms with E-state index in [1.807, 2.05) is 0 Å². The topological polar surface area (TPSA) is 12.0 Å². The molecule has 1 nitrogen and oxygen atoms in total. The fraction of sp³-hybridized carbons (Fsp3) is 0.500. The zero-order chi connectivity index (χ0) is 12.0. The summed E-state index contributed by atoms with van der Waals surface area (Å²) in [7, 11) is 0. The van der Waals surface area contributed by atoms with Crippen molar-refractivity contribution in [2.75, 3.05) is 6.54 Å². The lowest BCUT2D eigenvalue weighted by atomic mass is 9.88. The summed E-state index contributed by atoms with van der Waals surface area (Å²) in [5.41, 5.74) is 7.75. The van der Waals surface area contributed by atoms with Gasteiger partial charge in [-0.25, -0.2) is 0 Å². The quantitative estimate of drug-likeness (QED) is 0.776. The van der Waals surface area contributed by atoms with Gasteiger partial charge in [0.15, 0.2) is 0 Å². The third-order valence-electron chi connectivity index (χ3n) is 4.14. The van der Waals surface area contributed by atoms with Crippen LogP contribution >= 0.6 is 0 Å². The fourth-order valence-electron chi connectivity index (χ4n) is 3.35. The number of nitrogens with one attached hydrogen (secondary N) is 1. The molecule has 0 fully saturated rings. The Morgan fingerprint density at radius 1 is 1.29 bits per heavy atom. The minimum absolute atomic E-state index is 0.589. The Balaban J connectivity index is 2.04. The highest BCUT2D eigenvalue weighted by Gasteiger charge is 2.31. The molecule has 17 heavy (non-hydrogen) atoms. The van der Waals surface area contributed by atoms with Crippen LogP contribution in [0, 0.1) is 12.8 Å². The van der Waals surface area contributed by atoms with Crippen LogP contribution in [0.4, 0.5) is 0 Å². The molecule has 1 N–H and O–H groups in total. The summed E-state index contributed by atoms with van der Waals surface area (Å²) in [6, 6.07) is 7.54. The molecule has 1 atom stereocenters. The van der Waals surface area contributed by atoms with E-state index in [-0.39, 0.29) is 0 Å². The molecule has 1 heteroatoms. The van der Waals surface area contributed by atoms with E-state index in [1.54, 1.807) is 16.7 Å².